The van der Waals surface area contributed by atoms with E-state index in [2.05, 4.69) is 5.32 Å². The highest BCUT2D eigenvalue weighted by Crippen LogP contribution is 2.32. The second-order valence-corrected chi connectivity index (χ2v) is 8.06. The number of Topliss-reactive ketones (excluding diaryl/α,β-unsaturated/α-hetero) is 1. The van der Waals surface area contributed by atoms with Crippen LogP contribution in [0.1, 0.15) is 53.3 Å². The Bertz CT molecular complexity index is 968. The molecule has 0 radical (unpaired) electrons. The Morgan fingerprint density at radius 3 is 2.61 bits per heavy atom. The predicted octanol–water partition coefficient (Wildman–Crippen LogP) is 2.82. The van der Waals surface area contributed by atoms with E-state index in [0.29, 0.717) is 11.1 Å². The summed E-state index contributed by atoms with van der Waals surface area (Å²) in [6, 6.07) is 0. The molecule has 9 heteroatoms. The number of carbonyl (C=O) groups is 2. The van der Waals surface area contributed by atoms with Crippen molar-refractivity contribution in [2.24, 2.45) is 5.92 Å². The minimum Gasteiger partial charge on any atom is -0.502 e. The summed E-state index contributed by atoms with van der Waals surface area (Å²) in [5.41, 5.74) is 0.107. The lowest BCUT2D eigenvalue weighted by atomic mass is 9.95. The Morgan fingerprint density at radius 1 is 1.39 bits per heavy atom. The van der Waals surface area contributed by atoms with Gasteiger partial charge < -0.3 is 10.4 Å². The molecule has 1 aliphatic rings. The molecule has 1 atom stereocenters. The molecule has 0 aromatic carbocycles. The third kappa shape index (κ3) is 5.07. The standard InChI is InChI=1S/C22H29ClFN3O4/c1-5-15-17(20(30)25-11-14(8-9-23)7-6-10-24)19(29)22(31)27-18(15)16(28)12-26(4)21(27)13(2)3/h6-8,13,21,29H,5,9-12H2,1-4H3,(H,25,30)/b7-6-,14-8+. The van der Waals surface area contributed by atoms with Crippen molar-refractivity contribution >= 4 is 23.3 Å². The molecule has 2 N–H and O–H groups in total. The van der Waals surface area contributed by atoms with Crippen molar-refractivity contribution in [3.05, 3.63) is 51.0 Å². The van der Waals surface area contributed by atoms with Crippen LogP contribution in [0.3, 0.4) is 0 Å². The number of rotatable bonds is 8. The fourth-order valence-corrected chi connectivity index (χ4v) is 4.24. The van der Waals surface area contributed by atoms with Crippen molar-refractivity contribution in [2.45, 2.75) is 33.4 Å². The maximum atomic E-state index is 13.1. The van der Waals surface area contributed by atoms with E-state index in [0.717, 1.165) is 0 Å². The first-order chi connectivity index (χ1) is 14.7. The van der Waals surface area contributed by atoms with Gasteiger partial charge in [-0.05, 0) is 30.5 Å². The maximum absolute atomic E-state index is 13.1. The van der Waals surface area contributed by atoms with Gasteiger partial charge in [0.05, 0.1) is 24.0 Å². The number of pyridine rings is 1. The van der Waals surface area contributed by atoms with Crippen LogP contribution in [0, 0.1) is 5.92 Å². The average molecular weight is 454 g/mol. The van der Waals surface area contributed by atoms with Gasteiger partial charge in [0.15, 0.2) is 11.5 Å². The molecule has 1 unspecified atom stereocenters. The lowest BCUT2D eigenvalue weighted by Crippen LogP contribution is -2.49. The van der Waals surface area contributed by atoms with Crippen LogP contribution in [-0.4, -0.2) is 59.0 Å². The number of ketones is 1. The zero-order valence-corrected chi connectivity index (χ0v) is 19.0. The lowest BCUT2D eigenvalue weighted by Gasteiger charge is -2.38. The van der Waals surface area contributed by atoms with Crippen LogP contribution in [0.25, 0.3) is 0 Å². The van der Waals surface area contributed by atoms with Gasteiger partial charge in [-0.2, -0.15) is 0 Å². The number of hydrogen-bond acceptors (Lipinski definition) is 5. The number of hydrogen-bond donors (Lipinski definition) is 2. The average Bonchev–Trinajstić information content (AvgIpc) is 2.71. The van der Waals surface area contributed by atoms with Crippen LogP contribution in [0.4, 0.5) is 4.39 Å². The zero-order chi connectivity index (χ0) is 23.3. The van der Waals surface area contributed by atoms with E-state index >= 15 is 0 Å². The molecule has 31 heavy (non-hydrogen) atoms. The molecule has 0 bridgehead atoms. The summed E-state index contributed by atoms with van der Waals surface area (Å²) >= 11 is 5.71. The molecular weight excluding hydrogens is 425 g/mol. The van der Waals surface area contributed by atoms with E-state index in [1.165, 1.54) is 16.7 Å². The number of allylic oxidation sites excluding steroid dienone is 2. The van der Waals surface area contributed by atoms with E-state index in [-0.39, 0.29) is 48.3 Å². The molecule has 0 saturated carbocycles. The van der Waals surface area contributed by atoms with Crippen molar-refractivity contribution in [2.75, 3.05) is 32.7 Å². The van der Waals surface area contributed by atoms with E-state index < -0.39 is 30.1 Å². The first-order valence-corrected chi connectivity index (χ1v) is 10.7. The summed E-state index contributed by atoms with van der Waals surface area (Å²) in [5, 5.41) is 13.3. The van der Waals surface area contributed by atoms with Crippen LogP contribution in [0.5, 0.6) is 5.75 Å². The topological polar surface area (TPSA) is 91.6 Å². The van der Waals surface area contributed by atoms with Crippen molar-refractivity contribution in [3.63, 3.8) is 0 Å². The molecule has 1 aliphatic heterocycles. The van der Waals surface area contributed by atoms with Crippen LogP contribution in [-0.2, 0) is 6.42 Å². The third-order valence-corrected chi connectivity index (χ3v) is 5.40. The first kappa shape index (κ1) is 24.8. The number of nitrogens with zero attached hydrogens (tertiary/aromatic N) is 2. The summed E-state index contributed by atoms with van der Waals surface area (Å²) in [7, 11) is 1.75. The highest BCUT2D eigenvalue weighted by atomic mass is 35.5. The van der Waals surface area contributed by atoms with Crippen molar-refractivity contribution in [1.29, 1.82) is 0 Å². The van der Waals surface area contributed by atoms with Gasteiger partial charge >= 0.3 is 0 Å². The molecule has 0 spiro atoms. The molecule has 0 aliphatic carbocycles. The number of alkyl halides is 2. The fourth-order valence-electron chi connectivity index (χ4n) is 4.04. The number of aromatic hydroxyl groups is 1. The highest BCUT2D eigenvalue weighted by molar-refractivity contribution is 6.19. The second-order valence-electron chi connectivity index (χ2n) is 7.75. The Morgan fingerprint density at radius 2 is 2.06 bits per heavy atom. The fraction of sp³-hybridized carbons (Fsp3) is 0.500. The molecule has 1 aromatic rings. The summed E-state index contributed by atoms with van der Waals surface area (Å²) in [5.74, 6) is -1.49. The largest absolute Gasteiger partial charge is 0.502 e. The van der Waals surface area contributed by atoms with Gasteiger partial charge in [0.25, 0.3) is 11.5 Å². The summed E-state index contributed by atoms with van der Waals surface area (Å²) in [4.78, 5) is 40.7. The Balaban J connectivity index is 2.57. The number of amides is 1. The van der Waals surface area contributed by atoms with Gasteiger partial charge in [-0.25, -0.2) is 4.39 Å². The number of aromatic nitrogens is 1. The van der Waals surface area contributed by atoms with Gasteiger partial charge in [-0.15, -0.1) is 11.6 Å². The molecule has 2 rings (SSSR count). The van der Waals surface area contributed by atoms with Crippen LogP contribution < -0.4 is 10.9 Å². The van der Waals surface area contributed by atoms with Crippen LogP contribution >= 0.6 is 11.6 Å². The molecule has 170 valence electrons. The second kappa shape index (κ2) is 10.7. The molecular formula is C22H29ClFN3O4. The van der Waals surface area contributed by atoms with Gasteiger partial charge in [0, 0.05) is 12.4 Å². The normalized spacial score (nSPS) is 17.5. The molecule has 0 fully saturated rings. The lowest BCUT2D eigenvalue weighted by molar-refractivity contribution is 0.0659. The maximum Gasteiger partial charge on any atom is 0.295 e. The van der Waals surface area contributed by atoms with E-state index in [4.69, 9.17) is 11.6 Å². The quantitative estimate of drug-likeness (QED) is 0.466. The SMILES string of the molecule is CCc1c(C(=O)NCC(/C=C\CF)=C/CCl)c(O)c(=O)n2c1C(=O)CN(C)C2C(C)C. The van der Waals surface area contributed by atoms with Gasteiger partial charge in [-0.1, -0.05) is 39.0 Å². The summed E-state index contributed by atoms with van der Waals surface area (Å²) in [6.45, 7) is 5.07. The van der Waals surface area contributed by atoms with Gasteiger partial charge in [-0.3, -0.25) is 23.9 Å². The number of fused-ring (bicyclic) bond motifs is 1. The predicted molar refractivity (Wildman–Crippen MR) is 119 cm³/mol. The molecule has 2 heterocycles. The molecule has 1 aromatic heterocycles. The van der Waals surface area contributed by atoms with Crippen molar-refractivity contribution in [3.8, 4) is 5.75 Å². The number of halogens is 2. The summed E-state index contributed by atoms with van der Waals surface area (Å²) < 4.78 is 13.7. The highest BCUT2D eigenvalue weighted by Gasteiger charge is 2.37. The number of nitrogens with one attached hydrogen (secondary N) is 1. The van der Waals surface area contributed by atoms with Crippen LogP contribution in [0.2, 0.25) is 0 Å². The minimum absolute atomic E-state index is 0.0103. The Kier molecular flexibility index (Phi) is 8.59. The first-order valence-electron chi connectivity index (χ1n) is 10.2. The van der Waals surface area contributed by atoms with Gasteiger partial charge in [0.2, 0.25) is 0 Å². The smallest absolute Gasteiger partial charge is 0.295 e. The minimum atomic E-state index is -0.773. The van der Waals surface area contributed by atoms with E-state index in [1.54, 1.807) is 24.9 Å². The number of likely N-dealkylation sites (N-methyl/N-ethyl adjacent to an activating group) is 1. The van der Waals surface area contributed by atoms with Crippen LogP contribution in [0.15, 0.2) is 28.6 Å². The molecule has 0 saturated heterocycles. The summed E-state index contributed by atoms with van der Waals surface area (Å²) in [6.07, 6.45) is 4.25. The zero-order valence-electron chi connectivity index (χ0n) is 18.2. The molecule has 1 amide bonds. The third-order valence-electron chi connectivity index (χ3n) is 5.25. The van der Waals surface area contributed by atoms with E-state index in [1.807, 2.05) is 13.8 Å². The monoisotopic (exact) mass is 453 g/mol. The molecule has 7 nitrogen and oxygen atoms in total. The Labute approximate surface area is 186 Å². The van der Waals surface area contributed by atoms with Gasteiger partial charge in [0.1, 0.15) is 6.67 Å². The Hall–Kier alpha value is -2.45. The van der Waals surface area contributed by atoms with Crippen molar-refractivity contribution < 1.29 is 19.1 Å². The van der Waals surface area contributed by atoms with Crippen molar-refractivity contribution in [1.82, 2.24) is 14.8 Å². The van der Waals surface area contributed by atoms with E-state index in [9.17, 15) is 23.9 Å². The number of carbonyl (C=O) groups excluding carboxylic acids is 2.